The molecule has 1 aliphatic rings. The van der Waals surface area contributed by atoms with Gasteiger partial charge in [0.15, 0.2) is 0 Å². The van der Waals surface area contributed by atoms with E-state index in [0.717, 1.165) is 0 Å². The summed E-state index contributed by atoms with van der Waals surface area (Å²) in [6.07, 6.45) is 0. The van der Waals surface area contributed by atoms with Gasteiger partial charge in [0, 0.05) is 38.3 Å². The molecule has 2 heterocycles. The van der Waals surface area contributed by atoms with E-state index in [4.69, 9.17) is 0 Å². The summed E-state index contributed by atoms with van der Waals surface area (Å²) in [5, 5.41) is 5.29. The molecule has 42 heavy (non-hydrogen) atoms. The van der Waals surface area contributed by atoms with Crippen LogP contribution in [0.1, 0.15) is 30.5 Å². The van der Waals surface area contributed by atoms with Crippen LogP contribution in [0.4, 0.5) is 0 Å². The van der Waals surface area contributed by atoms with Gasteiger partial charge in [-0.05, 0) is 65.6 Å². The minimum Gasteiger partial charge on any atom is -0.307 e. The second kappa shape index (κ2) is 8.24. The summed E-state index contributed by atoms with van der Waals surface area (Å²) in [5.74, 6) is 0. The zero-order valence-corrected chi connectivity index (χ0v) is 24.0. The molecule has 6 aromatic carbocycles. The van der Waals surface area contributed by atoms with Crippen LogP contribution in [0.5, 0.6) is 0 Å². The molecular formula is C40H30N2. The van der Waals surface area contributed by atoms with Crippen LogP contribution in [-0.2, 0) is 5.41 Å². The van der Waals surface area contributed by atoms with E-state index < -0.39 is 0 Å². The first-order valence-corrected chi connectivity index (χ1v) is 14.8. The van der Waals surface area contributed by atoms with E-state index in [1.54, 1.807) is 0 Å². The summed E-state index contributed by atoms with van der Waals surface area (Å²) in [4.78, 5) is 0. The Kier molecular flexibility index (Phi) is 4.63. The van der Waals surface area contributed by atoms with Crippen LogP contribution in [0.25, 0.3) is 66.1 Å². The first-order chi connectivity index (χ1) is 20.6. The van der Waals surface area contributed by atoms with Gasteiger partial charge in [0.05, 0.1) is 22.1 Å². The second-order valence-corrected chi connectivity index (χ2v) is 12.2. The highest BCUT2D eigenvalue weighted by Gasteiger charge is 2.41. The fraction of sp³-hybridized carbons (Fsp3) is 0.100. The van der Waals surface area contributed by atoms with Crippen molar-refractivity contribution in [1.82, 2.24) is 9.13 Å². The molecule has 0 amide bonds. The lowest BCUT2D eigenvalue weighted by Crippen LogP contribution is -2.15. The number of rotatable bonds is 2. The summed E-state index contributed by atoms with van der Waals surface area (Å²) < 4.78 is 5.02. The highest BCUT2D eigenvalue weighted by Crippen LogP contribution is 2.58. The van der Waals surface area contributed by atoms with Crippen LogP contribution >= 0.6 is 0 Å². The highest BCUT2D eigenvalue weighted by molar-refractivity contribution is 6.30. The molecule has 0 bridgehead atoms. The summed E-state index contributed by atoms with van der Waals surface area (Å²) >= 11 is 0. The van der Waals surface area contributed by atoms with Crippen molar-refractivity contribution in [3.8, 4) is 22.5 Å². The third-order valence-corrected chi connectivity index (χ3v) is 9.53. The quantitative estimate of drug-likeness (QED) is 0.207. The number of benzene rings is 6. The maximum atomic E-state index is 2.52. The number of hydrogen-bond donors (Lipinski definition) is 0. The van der Waals surface area contributed by atoms with Crippen LogP contribution in [0, 0.1) is 6.92 Å². The number of nitrogens with zero attached hydrogens (tertiary/aromatic N) is 2. The summed E-state index contributed by atoms with van der Waals surface area (Å²) in [6, 6.07) is 46.9. The van der Waals surface area contributed by atoms with E-state index in [0.29, 0.717) is 0 Å². The molecule has 0 spiro atoms. The lowest BCUT2D eigenvalue weighted by atomic mass is 9.80. The minimum absolute atomic E-state index is 0.156. The summed E-state index contributed by atoms with van der Waals surface area (Å²) in [5.41, 5.74) is 14.1. The van der Waals surface area contributed by atoms with Crippen molar-refractivity contribution in [2.24, 2.45) is 0 Å². The zero-order valence-electron chi connectivity index (χ0n) is 24.0. The molecule has 200 valence electrons. The Hall–Kier alpha value is -5.08. The molecular weight excluding hydrogens is 508 g/mol. The molecule has 0 radical (unpaired) electrons. The van der Waals surface area contributed by atoms with Gasteiger partial charge in [-0.1, -0.05) is 110 Å². The van der Waals surface area contributed by atoms with Crippen LogP contribution in [0.15, 0.2) is 127 Å². The third-order valence-electron chi connectivity index (χ3n) is 9.53. The summed E-state index contributed by atoms with van der Waals surface area (Å²) in [6.45, 7) is 6.99. The molecule has 0 saturated heterocycles. The SMILES string of the molecule is Cc1ccc(-n2c3ccccc3c3c4c(c5c6ccccc6n(-c6ccccc6)c5c32)-c2ccccc2C4(C)C)cc1. The van der Waals surface area contributed by atoms with Crippen molar-refractivity contribution in [2.75, 3.05) is 0 Å². The van der Waals surface area contributed by atoms with Gasteiger partial charge < -0.3 is 9.13 Å². The maximum Gasteiger partial charge on any atom is 0.0795 e. The van der Waals surface area contributed by atoms with E-state index in [9.17, 15) is 0 Å². The van der Waals surface area contributed by atoms with Gasteiger partial charge in [0.25, 0.3) is 0 Å². The largest absolute Gasteiger partial charge is 0.307 e. The fourth-order valence-corrected chi connectivity index (χ4v) is 7.77. The number of aryl methyl sites for hydroxylation is 1. The number of fused-ring (bicyclic) bond motifs is 12. The average Bonchev–Trinajstić information content (AvgIpc) is 3.62. The number of hydrogen-bond acceptors (Lipinski definition) is 0. The smallest absolute Gasteiger partial charge is 0.0795 e. The van der Waals surface area contributed by atoms with Gasteiger partial charge in [0.2, 0.25) is 0 Å². The van der Waals surface area contributed by atoms with Gasteiger partial charge in [-0.3, -0.25) is 0 Å². The van der Waals surface area contributed by atoms with E-state index >= 15 is 0 Å². The number of para-hydroxylation sites is 3. The molecule has 0 N–H and O–H groups in total. The monoisotopic (exact) mass is 538 g/mol. The van der Waals surface area contributed by atoms with Crippen molar-refractivity contribution >= 4 is 43.6 Å². The van der Waals surface area contributed by atoms with Crippen molar-refractivity contribution in [1.29, 1.82) is 0 Å². The summed E-state index contributed by atoms with van der Waals surface area (Å²) in [7, 11) is 0. The molecule has 0 atom stereocenters. The van der Waals surface area contributed by atoms with Gasteiger partial charge in [-0.2, -0.15) is 0 Å². The standard InChI is InChI=1S/C40H30N2/c1-25-21-23-27(24-22-25)42-33-20-12-9-17-30(33)36-37-34(28-15-7-10-18-31(28)40(37,2)3)35-29-16-8-11-19-32(29)41(38(35)39(36)42)26-13-5-4-6-14-26/h4-24H,1-3H3. The van der Waals surface area contributed by atoms with Gasteiger partial charge in [-0.15, -0.1) is 0 Å². The van der Waals surface area contributed by atoms with E-state index in [1.165, 1.54) is 82.8 Å². The van der Waals surface area contributed by atoms with Crippen molar-refractivity contribution in [3.05, 3.63) is 144 Å². The molecule has 9 rings (SSSR count). The fourth-order valence-electron chi connectivity index (χ4n) is 7.77. The van der Waals surface area contributed by atoms with E-state index in [1.807, 2.05) is 0 Å². The van der Waals surface area contributed by atoms with Crippen molar-refractivity contribution < 1.29 is 0 Å². The molecule has 2 nitrogen and oxygen atoms in total. The normalized spacial score (nSPS) is 13.8. The molecule has 8 aromatic rings. The Morgan fingerprint density at radius 2 is 1.02 bits per heavy atom. The second-order valence-electron chi connectivity index (χ2n) is 12.2. The Morgan fingerprint density at radius 1 is 0.500 bits per heavy atom. The minimum atomic E-state index is -0.156. The molecule has 0 saturated carbocycles. The zero-order chi connectivity index (χ0) is 28.2. The van der Waals surface area contributed by atoms with Crippen molar-refractivity contribution in [3.63, 3.8) is 0 Å². The molecule has 1 aliphatic carbocycles. The Morgan fingerprint density at radius 3 is 1.71 bits per heavy atom. The Bertz CT molecular complexity index is 2360. The first-order valence-electron chi connectivity index (χ1n) is 14.8. The average molecular weight is 539 g/mol. The predicted molar refractivity (Wildman–Crippen MR) is 177 cm³/mol. The molecule has 0 aliphatic heterocycles. The van der Waals surface area contributed by atoms with Crippen LogP contribution in [0.2, 0.25) is 0 Å². The van der Waals surface area contributed by atoms with Gasteiger partial charge >= 0.3 is 0 Å². The van der Waals surface area contributed by atoms with Crippen LogP contribution < -0.4 is 0 Å². The molecule has 2 heteroatoms. The highest BCUT2D eigenvalue weighted by atomic mass is 15.0. The molecule has 0 unspecified atom stereocenters. The van der Waals surface area contributed by atoms with Gasteiger partial charge in [0.1, 0.15) is 0 Å². The van der Waals surface area contributed by atoms with E-state index in [-0.39, 0.29) is 5.41 Å². The molecule has 0 fully saturated rings. The van der Waals surface area contributed by atoms with E-state index in [2.05, 4.69) is 157 Å². The predicted octanol–water partition coefficient (Wildman–Crippen LogP) is 10.5. The Labute approximate surface area is 245 Å². The van der Waals surface area contributed by atoms with Crippen LogP contribution in [0.3, 0.4) is 0 Å². The third kappa shape index (κ3) is 2.89. The van der Waals surface area contributed by atoms with Crippen molar-refractivity contribution in [2.45, 2.75) is 26.2 Å². The van der Waals surface area contributed by atoms with Gasteiger partial charge in [-0.25, -0.2) is 0 Å². The topological polar surface area (TPSA) is 9.86 Å². The Balaban J connectivity index is 1.67. The molecule has 2 aromatic heterocycles. The lowest BCUT2D eigenvalue weighted by molar-refractivity contribution is 0.667. The first kappa shape index (κ1) is 23.6. The number of aromatic nitrogens is 2. The van der Waals surface area contributed by atoms with Crippen LogP contribution in [-0.4, -0.2) is 9.13 Å². The maximum absolute atomic E-state index is 2.52. The lowest BCUT2D eigenvalue weighted by Gasteiger charge is -2.23.